The third-order valence-electron chi connectivity index (χ3n) is 2.43. The summed E-state index contributed by atoms with van der Waals surface area (Å²) in [6, 6.07) is 2.96. The number of rotatable bonds is 0. The summed E-state index contributed by atoms with van der Waals surface area (Å²) >= 11 is 0. The number of ketones is 1. The van der Waals surface area contributed by atoms with Crippen LogP contribution in [0.3, 0.4) is 0 Å². The molecule has 0 heterocycles. The highest BCUT2D eigenvalue weighted by atomic mass is 19.1. The van der Waals surface area contributed by atoms with Gasteiger partial charge in [-0.1, -0.05) is 0 Å². The fraction of sp³-hybridized carbons (Fsp3) is 0.300. The first-order valence-corrected chi connectivity index (χ1v) is 4.01. The van der Waals surface area contributed by atoms with Crippen molar-refractivity contribution in [3.05, 3.63) is 34.6 Å². The van der Waals surface area contributed by atoms with Gasteiger partial charge in [-0.3, -0.25) is 4.79 Å². The van der Waals surface area contributed by atoms with Gasteiger partial charge in [-0.05, 0) is 36.6 Å². The van der Waals surface area contributed by atoms with E-state index in [2.05, 4.69) is 0 Å². The van der Waals surface area contributed by atoms with Crippen LogP contribution < -0.4 is 0 Å². The van der Waals surface area contributed by atoms with Crippen molar-refractivity contribution in [1.29, 1.82) is 0 Å². The second-order valence-electron chi connectivity index (χ2n) is 3.12. The van der Waals surface area contributed by atoms with Gasteiger partial charge in [-0.25, -0.2) is 4.39 Å². The van der Waals surface area contributed by atoms with Gasteiger partial charge in [0.05, 0.1) is 0 Å². The highest BCUT2D eigenvalue weighted by Gasteiger charge is 2.21. The monoisotopic (exact) mass is 164 g/mol. The van der Waals surface area contributed by atoms with Crippen LogP contribution >= 0.6 is 0 Å². The number of carbonyl (C=O) groups excluding carboxylic acids is 1. The van der Waals surface area contributed by atoms with E-state index in [1.165, 1.54) is 6.07 Å². The van der Waals surface area contributed by atoms with E-state index in [1.54, 1.807) is 13.0 Å². The third-order valence-corrected chi connectivity index (χ3v) is 2.43. The Morgan fingerprint density at radius 1 is 1.33 bits per heavy atom. The summed E-state index contributed by atoms with van der Waals surface area (Å²) < 4.78 is 13.0. The van der Waals surface area contributed by atoms with Gasteiger partial charge in [0.25, 0.3) is 0 Å². The maximum atomic E-state index is 13.0. The number of carbonyl (C=O) groups is 1. The highest BCUT2D eigenvalue weighted by Crippen LogP contribution is 2.26. The van der Waals surface area contributed by atoms with Gasteiger partial charge in [0.1, 0.15) is 5.82 Å². The Kier molecular flexibility index (Phi) is 1.50. The summed E-state index contributed by atoms with van der Waals surface area (Å²) in [7, 11) is 0. The molecule has 0 saturated carbocycles. The summed E-state index contributed by atoms with van der Waals surface area (Å²) in [5.74, 6) is -0.0587. The predicted molar refractivity (Wildman–Crippen MR) is 43.8 cm³/mol. The van der Waals surface area contributed by atoms with Crippen LogP contribution in [-0.4, -0.2) is 5.78 Å². The Labute approximate surface area is 70.2 Å². The smallest absolute Gasteiger partial charge is 0.163 e. The molecule has 0 radical (unpaired) electrons. The van der Waals surface area contributed by atoms with Crippen LogP contribution in [0.4, 0.5) is 4.39 Å². The van der Waals surface area contributed by atoms with Crippen molar-refractivity contribution < 1.29 is 9.18 Å². The second kappa shape index (κ2) is 2.41. The van der Waals surface area contributed by atoms with Crippen molar-refractivity contribution in [2.75, 3.05) is 0 Å². The van der Waals surface area contributed by atoms with Crippen LogP contribution in [0.2, 0.25) is 0 Å². The normalized spacial score (nSPS) is 15.0. The lowest BCUT2D eigenvalue weighted by atomic mass is 10.0. The predicted octanol–water partition coefficient (Wildman–Crippen LogP) is 2.26. The summed E-state index contributed by atoms with van der Waals surface area (Å²) in [6.07, 6.45) is 1.25. The summed E-state index contributed by atoms with van der Waals surface area (Å²) in [5.41, 5.74) is 2.26. The summed E-state index contributed by atoms with van der Waals surface area (Å²) in [5, 5.41) is 0. The number of fused-ring (bicyclic) bond motifs is 1. The van der Waals surface area contributed by atoms with Crippen LogP contribution in [-0.2, 0) is 6.42 Å². The van der Waals surface area contributed by atoms with E-state index in [4.69, 9.17) is 0 Å². The van der Waals surface area contributed by atoms with E-state index >= 15 is 0 Å². The lowest BCUT2D eigenvalue weighted by Crippen LogP contribution is -1.94. The van der Waals surface area contributed by atoms with Gasteiger partial charge in [0.15, 0.2) is 5.78 Å². The van der Waals surface area contributed by atoms with Gasteiger partial charge in [0.2, 0.25) is 0 Å². The first kappa shape index (κ1) is 7.47. The zero-order chi connectivity index (χ0) is 8.72. The van der Waals surface area contributed by atoms with Crippen molar-refractivity contribution in [1.82, 2.24) is 0 Å². The largest absolute Gasteiger partial charge is 0.294 e. The number of halogens is 1. The van der Waals surface area contributed by atoms with Crippen molar-refractivity contribution in [2.24, 2.45) is 0 Å². The van der Waals surface area contributed by atoms with Crippen LogP contribution in [0.15, 0.2) is 12.1 Å². The lowest BCUT2D eigenvalue weighted by Gasteiger charge is -2.02. The first-order chi connectivity index (χ1) is 5.70. The van der Waals surface area contributed by atoms with Gasteiger partial charge in [0, 0.05) is 12.0 Å². The van der Waals surface area contributed by atoms with E-state index < -0.39 is 0 Å². The Balaban J connectivity index is 2.68. The number of Topliss-reactive ketones (excluding diaryl/α,β-unsaturated/α-hetero) is 1. The molecule has 0 atom stereocenters. The van der Waals surface area contributed by atoms with Crippen molar-refractivity contribution in [3.63, 3.8) is 0 Å². The molecule has 1 nitrogen and oxygen atoms in total. The Bertz CT molecular complexity index is 355. The average Bonchev–Trinajstić information content (AvgIpc) is 2.41. The summed E-state index contributed by atoms with van der Waals surface area (Å²) in [4.78, 5) is 11.2. The fourth-order valence-corrected chi connectivity index (χ4v) is 1.68. The molecule has 2 heteroatoms. The van der Waals surface area contributed by atoms with Gasteiger partial charge >= 0.3 is 0 Å². The van der Waals surface area contributed by atoms with Gasteiger partial charge < -0.3 is 0 Å². The third kappa shape index (κ3) is 0.876. The molecule has 0 unspecified atom stereocenters. The molecule has 0 amide bonds. The molecule has 0 aliphatic heterocycles. The van der Waals surface area contributed by atoms with E-state index in [-0.39, 0.29) is 11.6 Å². The lowest BCUT2D eigenvalue weighted by molar-refractivity contribution is 0.0994. The fourth-order valence-electron chi connectivity index (χ4n) is 1.68. The maximum Gasteiger partial charge on any atom is 0.163 e. The molecule has 12 heavy (non-hydrogen) atoms. The molecular formula is C10H9FO. The molecule has 0 N–H and O–H groups in total. The Morgan fingerprint density at radius 2 is 2.08 bits per heavy atom. The van der Waals surface area contributed by atoms with Crippen molar-refractivity contribution in [3.8, 4) is 0 Å². The van der Waals surface area contributed by atoms with Crippen molar-refractivity contribution >= 4 is 5.78 Å². The highest BCUT2D eigenvalue weighted by molar-refractivity contribution is 6.00. The molecular weight excluding hydrogens is 155 g/mol. The standard InChI is InChI=1S/C10H9FO/c1-6-7-3-5-10(12)8(7)2-4-9(6)11/h2,4H,3,5H2,1H3. The molecule has 0 aromatic heterocycles. The van der Waals surface area contributed by atoms with Crippen LogP contribution in [0.1, 0.15) is 27.9 Å². The minimum absolute atomic E-state index is 0.146. The molecule has 1 aromatic rings. The number of hydrogen-bond donors (Lipinski definition) is 0. The zero-order valence-corrected chi connectivity index (χ0v) is 6.86. The molecule has 1 aliphatic carbocycles. The summed E-state index contributed by atoms with van der Waals surface area (Å²) in [6.45, 7) is 1.73. The van der Waals surface area contributed by atoms with Crippen molar-refractivity contribution in [2.45, 2.75) is 19.8 Å². The molecule has 0 saturated heterocycles. The van der Waals surface area contributed by atoms with E-state index in [0.29, 0.717) is 24.0 Å². The Morgan fingerprint density at radius 3 is 2.83 bits per heavy atom. The quantitative estimate of drug-likeness (QED) is 0.574. The minimum atomic E-state index is -0.205. The molecule has 1 aliphatic rings. The van der Waals surface area contributed by atoms with Crippen LogP contribution in [0.5, 0.6) is 0 Å². The number of benzene rings is 1. The van der Waals surface area contributed by atoms with E-state index in [1.807, 2.05) is 0 Å². The molecule has 1 aromatic carbocycles. The molecule has 0 spiro atoms. The molecule has 62 valence electrons. The number of hydrogen-bond acceptors (Lipinski definition) is 1. The maximum absolute atomic E-state index is 13.0. The minimum Gasteiger partial charge on any atom is -0.294 e. The van der Waals surface area contributed by atoms with Gasteiger partial charge in [-0.2, -0.15) is 0 Å². The molecule has 0 fully saturated rings. The molecule has 0 bridgehead atoms. The van der Waals surface area contributed by atoms with Crippen LogP contribution in [0, 0.1) is 12.7 Å². The van der Waals surface area contributed by atoms with E-state index in [0.717, 1.165) is 5.56 Å². The second-order valence-corrected chi connectivity index (χ2v) is 3.12. The van der Waals surface area contributed by atoms with E-state index in [9.17, 15) is 9.18 Å². The molecule has 2 rings (SSSR count). The van der Waals surface area contributed by atoms with Gasteiger partial charge in [-0.15, -0.1) is 0 Å². The zero-order valence-electron chi connectivity index (χ0n) is 6.86. The Hall–Kier alpha value is -1.18. The first-order valence-electron chi connectivity index (χ1n) is 4.01. The SMILES string of the molecule is Cc1c(F)ccc2c1CCC2=O. The van der Waals surface area contributed by atoms with Crippen LogP contribution in [0.25, 0.3) is 0 Å². The average molecular weight is 164 g/mol. The topological polar surface area (TPSA) is 17.1 Å².